The number of benzene rings is 2. The van der Waals surface area contributed by atoms with Crippen LogP contribution in [0.15, 0.2) is 57.4 Å². The van der Waals surface area contributed by atoms with E-state index in [9.17, 15) is 22.8 Å². The van der Waals surface area contributed by atoms with Crippen molar-refractivity contribution in [3.05, 3.63) is 58.8 Å². The fraction of sp³-hybridized carbons (Fsp3) is 0.158. The lowest BCUT2D eigenvalue weighted by atomic mass is 10.2. The van der Waals surface area contributed by atoms with Gasteiger partial charge < -0.3 is 19.4 Å². The first-order valence-corrected chi connectivity index (χ1v) is 9.01. The molecule has 2 aromatic carbocycles. The Morgan fingerprint density at radius 3 is 2.48 bits per heavy atom. The highest BCUT2D eigenvalue weighted by atomic mass is 79.9. The largest absolute Gasteiger partial charge is 0.573 e. The van der Waals surface area contributed by atoms with Crippen molar-refractivity contribution >= 4 is 44.4 Å². The van der Waals surface area contributed by atoms with Crippen LogP contribution >= 0.6 is 15.9 Å². The molecule has 2 amide bonds. The molecule has 0 saturated carbocycles. The third-order valence-electron chi connectivity index (χ3n) is 3.81. The summed E-state index contributed by atoms with van der Waals surface area (Å²) < 4.78 is 46.5. The van der Waals surface area contributed by atoms with E-state index in [1.165, 1.54) is 24.1 Å². The summed E-state index contributed by atoms with van der Waals surface area (Å²) >= 11 is 3.34. The summed E-state index contributed by atoms with van der Waals surface area (Å²) in [6.45, 7) is -0.280. The number of likely N-dealkylation sites (N-methyl/N-ethyl adjacent to an activating group) is 1. The first-order valence-electron chi connectivity index (χ1n) is 8.21. The number of alkyl halides is 3. The van der Waals surface area contributed by atoms with Gasteiger partial charge in [-0.2, -0.15) is 0 Å². The Kier molecular flexibility index (Phi) is 5.83. The molecule has 3 rings (SSSR count). The molecule has 0 spiro atoms. The average molecular weight is 471 g/mol. The maximum Gasteiger partial charge on any atom is 0.573 e. The number of halogens is 4. The molecular weight excluding hydrogens is 457 g/mol. The maximum atomic E-state index is 12.5. The molecule has 0 fully saturated rings. The quantitative estimate of drug-likeness (QED) is 0.580. The first-order chi connectivity index (χ1) is 13.6. The SMILES string of the molecule is CN(CC(=O)Nc1ccc(OC(F)(F)F)cc1)C(=O)c1cc2cccc(Br)c2o1. The highest BCUT2D eigenvalue weighted by Gasteiger charge is 2.31. The number of amides is 2. The zero-order valence-corrected chi connectivity index (χ0v) is 16.5. The van der Waals surface area contributed by atoms with E-state index in [1.54, 1.807) is 24.3 Å². The number of nitrogens with one attached hydrogen (secondary N) is 1. The van der Waals surface area contributed by atoms with Gasteiger partial charge in [0.15, 0.2) is 5.76 Å². The second kappa shape index (κ2) is 8.16. The van der Waals surface area contributed by atoms with Gasteiger partial charge in [0.1, 0.15) is 11.3 Å². The van der Waals surface area contributed by atoms with Gasteiger partial charge in [0, 0.05) is 18.1 Å². The molecule has 0 aliphatic rings. The fourth-order valence-electron chi connectivity index (χ4n) is 2.55. The van der Waals surface area contributed by atoms with E-state index >= 15 is 0 Å². The zero-order chi connectivity index (χ0) is 21.2. The van der Waals surface area contributed by atoms with E-state index < -0.39 is 23.9 Å². The van der Waals surface area contributed by atoms with Crippen LogP contribution in [0.2, 0.25) is 0 Å². The van der Waals surface area contributed by atoms with Crippen LogP contribution in [0.4, 0.5) is 18.9 Å². The highest BCUT2D eigenvalue weighted by molar-refractivity contribution is 9.10. The van der Waals surface area contributed by atoms with Crippen molar-refractivity contribution < 1.29 is 31.9 Å². The van der Waals surface area contributed by atoms with Gasteiger partial charge in [0.25, 0.3) is 5.91 Å². The smallest absolute Gasteiger partial charge is 0.450 e. The lowest BCUT2D eigenvalue weighted by Gasteiger charge is -2.15. The van der Waals surface area contributed by atoms with Crippen molar-refractivity contribution in [1.82, 2.24) is 4.90 Å². The summed E-state index contributed by atoms with van der Waals surface area (Å²) in [6.07, 6.45) is -4.79. The van der Waals surface area contributed by atoms with Crippen molar-refractivity contribution in [2.45, 2.75) is 6.36 Å². The normalized spacial score (nSPS) is 11.3. The molecule has 6 nitrogen and oxygen atoms in total. The molecule has 0 aliphatic heterocycles. The van der Waals surface area contributed by atoms with Crippen molar-refractivity contribution in [2.24, 2.45) is 0 Å². The van der Waals surface area contributed by atoms with E-state index in [4.69, 9.17) is 4.42 Å². The lowest BCUT2D eigenvalue weighted by Crippen LogP contribution is -2.34. The van der Waals surface area contributed by atoms with Crippen LogP contribution in [-0.4, -0.2) is 36.7 Å². The average Bonchev–Trinajstić information content (AvgIpc) is 3.07. The summed E-state index contributed by atoms with van der Waals surface area (Å²) in [4.78, 5) is 25.8. The van der Waals surface area contributed by atoms with Crippen molar-refractivity contribution in [3.8, 4) is 5.75 Å². The Hall–Kier alpha value is -3.01. The van der Waals surface area contributed by atoms with Crippen LogP contribution in [-0.2, 0) is 4.79 Å². The summed E-state index contributed by atoms with van der Waals surface area (Å²) in [5.41, 5.74) is 0.785. The molecule has 0 radical (unpaired) electrons. The van der Waals surface area contributed by atoms with Gasteiger partial charge in [-0.15, -0.1) is 13.2 Å². The monoisotopic (exact) mass is 470 g/mol. The van der Waals surface area contributed by atoms with Crippen molar-refractivity contribution in [1.29, 1.82) is 0 Å². The number of fused-ring (bicyclic) bond motifs is 1. The Bertz CT molecular complexity index is 1050. The van der Waals surface area contributed by atoms with Crippen molar-refractivity contribution in [3.63, 3.8) is 0 Å². The summed E-state index contributed by atoms with van der Waals surface area (Å²) in [5, 5.41) is 3.23. The molecule has 0 bridgehead atoms. The fourth-order valence-corrected chi connectivity index (χ4v) is 3.01. The minimum absolute atomic E-state index is 0.0795. The van der Waals surface area contributed by atoms with Crippen LogP contribution in [0, 0.1) is 0 Å². The number of hydrogen-bond acceptors (Lipinski definition) is 4. The first kappa shape index (κ1) is 20.7. The van der Waals surface area contributed by atoms with Crippen LogP contribution in [0.3, 0.4) is 0 Å². The van der Waals surface area contributed by atoms with Crippen LogP contribution in [0.5, 0.6) is 5.75 Å². The Balaban J connectivity index is 1.60. The van der Waals surface area contributed by atoms with Gasteiger partial charge >= 0.3 is 6.36 Å². The van der Waals surface area contributed by atoms with Crippen LogP contribution in [0.25, 0.3) is 11.0 Å². The van der Waals surface area contributed by atoms with Gasteiger partial charge in [-0.3, -0.25) is 9.59 Å². The Labute approximate surface area is 171 Å². The van der Waals surface area contributed by atoms with E-state index in [1.807, 2.05) is 0 Å². The molecule has 1 aromatic heterocycles. The van der Waals surface area contributed by atoms with Gasteiger partial charge in [-0.25, -0.2) is 0 Å². The number of rotatable bonds is 5. The van der Waals surface area contributed by atoms with Crippen LogP contribution < -0.4 is 10.1 Å². The predicted molar refractivity (Wildman–Crippen MR) is 103 cm³/mol. The third-order valence-corrected chi connectivity index (χ3v) is 4.43. The number of nitrogens with zero attached hydrogens (tertiary/aromatic N) is 1. The second-order valence-corrected chi connectivity index (χ2v) is 6.90. The number of anilines is 1. The molecule has 10 heteroatoms. The molecular formula is C19H14BrF3N2O4. The Morgan fingerprint density at radius 2 is 1.86 bits per heavy atom. The lowest BCUT2D eigenvalue weighted by molar-refractivity contribution is -0.274. The van der Waals surface area contributed by atoms with E-state index in [0.29, 0.717) is 10.1 Å². The molecule has 3 aromatic rings. The topological polar surface area (TPSA) is 71.8 Å². The standard InChI is InChI=1S/C19H14BrF3N2O4/c1-25(18(27)15-9-11-3-2-4-14(20)17(11)28-15)10-16(26)24-12-5-7-13(8-6-12)29-19(21,22)23/h2-9H,10H2,1H3,(H,24,26). The molecule has 152 valence electrons. The zero-order valence-electron chi connectivity index (χ0n) is 14.9. The van der Waals surface area contributed by atoms with E-state index in [2.05, 4.69) is 26.0 Å². The molecule has 0 atom stereocenters. The minimum Gasteiger partial charge on any atom is -0.450 e. The number of carbonyl (C=O) groups is 2. The van der Waals surface area contributed by atoms with Gasteiger partial charge in [0.2, 0.25) is 5.91 Å². The summed E-state index contributed by atoms with van der Waals surface area (Å²) in [5.74, 6) is -1.34. The predicted octanol–water partition coefficient (Wildman–Crippen LogP) is 4.80. The number of hydrogen-bond donors (Lipinski definition) is 1. The van der Waals surface area contributed by atoms with E-state index in [-0.39, 0.29) is 18.0 Å². The molecule has 0 unspecified atom stereocenters. The maximum absolute atomic E-state index is 12.5. The minimum atomic E-state index is -4.79. The number of para-hydroxylation sites is 1. The van der Waals surface area contributed by atoms with Gasteiger partial charge in [-0.1, -0.05) is 12.1 Å². The van der Waals surface area contributed by atoms with Gasteiger partial charge in [0.05, 0.1) is 11.0 Å². The van der Waals surface area contributed by atoms with Crippen molar-refractivity contribution in [2.75, 3.05) is 18.9 Å². The molecule has 0 aliphatic carbocycles. The number of furan rings is 1. The van der Waals surface area contributed by atoms with Gasteiger partial charge in [-0.05, 0) is 52.3 Å². The second-order valence-electron chi connectivity index (χ2n) is 6.05. The molecule has 0 saturated heterocycles. The van der Waals surface area contributed by atoms with Crippen LogP contribution in [0.1, 0.15) is 10.6 Å². The number of ether oxygens (including phenoxy) is 1. The summed E-state index contributed by atoms with van der Waals surface area (Å²) in [6, 6.07) is 11.6. The molecule has 1 N–H and O–H groups in total. The molecule has 29 heavy (non-hydrogen) atoms. The third kappa shape index (κ3) is 5.29. The molecule has 1 heterocycles. The highest BCUT2D eigenvalue weighted by Crippen LogP contribution is 2.27. The van der Waals surface area contributed by atoms with E-state index in [0.717, 1.165) is 17.5 Å². The number of carbonyl (C=O) groups excluding carboxylic acids is 2. The Morgan fingerprint density at radius 1 is 1.17 bits per heavy atom. The summed E-state index contributed by atoms with van der Waals surface area (Å²) in [7, 11) is 1.43.